The summed E-state index contributed by atoms with van der Waals surface area (Å²) in [6.45, 7) is 4.05. The van der Waals surface area contributed by atoms with Crippen molar-refractivity contribution in [1.82, 2.24) is 9.97 Å². The molecule has 1 heterocycles. The van der Waals surface area contributed by atoms with Crippen molar-refractivity contribution in [2.24, 2.45) is 11.8 Å². The van der Waals surface area contributed by atoms with Gasteiger partial charge in [0.15, 0.2) is 0 Å². The summed E-state index contributed by atoms with van der Waals surface area (Å²) in [5.41, 5.74) is 0. The SMILES string of the molecule is CCNc1cncc(NCC2CCCCC2CO)n1. The lowest BCUT2D eigenvalue weighted by molar-refractivity contribution is 0.141. The average Bonchev–Trinajstić information content (AvgIpc) is 2.46. The Morgan fingerprint density at radius 2 is 1.84 bits per heavy atom. The summed E-state index contributed by atoms with van der Waals surface area (Å²) in [6.07, 6.45) is 8.33. The van der Waals surface area contributed by atoms with Gasteiger partial charge in [0.2, 0.25) is 0 Å². The number of hydrogen-bond donors (Lipinski definition) is 3. The predicted molar refractivity (Wildman–Crippen MR) is 77.2 cm³/mol. The Kier molecular flexibility index (Phi) is 5.39. The number of nitrogens with zero attached hydrogens (tertiary/aromatic N) is 2. The molecule has 5 heteroatoms. The van der Waals surface area contributed by atoms with Crippen LogP contribution in [0.15, 0.2) is 12.4 Å². The van der Waals surface area contributed by atoms with Crippen LogP contribution in [0.25, 0.3) is 0 Å². The molecule has 1 aromatic rings. The molecule has 2 rings (SSSR count). The van der Waals surface area contributed by atoms with Crippen molar-refractivity contribution >= 4 is 11.6 Å². The second-order valence-corrected chi connectivity index (χ2v) is 5.19. The molecule has 1 aliphatic rings. The van der Waals surface area contributed by atoms with E-state index in [-0.39, 0.29) is 0 Å². The molecule has 19 heavy (non-hydrogen) atoms. The summed E-state index contributed by atoms with van der Waals surface area (Å²) in [6, 6.07) is 0. The fourth-order valence-corrected chi connectivity index (χ4v) is 2.75. The van der Waals surface area contributed by atoms with Crippen molar-refractivity contribution in [3.05, 3.63) is 12.4 Å². The third-order valence-corrected chi connectivity index (χ3v) is 3.84. The van der Waals surface area contributed by atoms with Crippen LogP contribution in [-0.4, -0.2) is 34.8 Å². The van der Waals surface area contributed by atoms with Gasteiger partial charge < -0.3 is 15.7 Å². The van der Waals surface area contributed by atoms with Gasteiger partial charge in [-0.2, -0.15) is 0 Å². The van der Waals surface area contributed by atoms with Crippen LogP contribution in [0.3, 0.4) is 0 Å². The molecule has 0 spiro atoms. The highest BCUT2D eigenvalue weighted by molar-refractivity contribution is 5.41. The van der Waals surface area contributed by atoms with E-state index < -0.39 is 0 Å². The fraction of sp³-hybridized carbons (Fsp3) is 0.714. The number of anilines is 2. The van der Waals surface area contributed by atoms with Crippen LogP contribution in [0.1, 0.15) is 32.6 Å². The lowest BCUT2D eigenvalue weighted by Crippen LogP contribution is -2.28. The van der Waals surface area contributed by atoms with Crippen LogP contribution in [0.4, 0.5) is 11.6 Å². The van der Waals surface area contributed by atoms with Gasteiger partial charge in [-0.3, -0.25) is 4.98 Å². The van der Waals surface area contributed by atoms with Crippen LogP contribution in [0.5, 0.6) is 0 Å². The molecule has 3 N–H and O–H groups in total. The van der Waals surface area contributed by atoms with Gasteiger partial charge in [0.05, 0.1) is 12.4 Å². The first-order chi connectivity index (χ1) is 9.33. The molecule has 1 aromatic heterocycles. The molecule has 1 saturated carbocycles. The molecule has 0 aromatic carbocycles. The van der Waals surface area contributed by atoms with E-state index in [0.29, 0.717) is 18.4 Å². The largest absolute Gasteiger partial charge is 0.396 e. The van der Waals surface area contributed by atoms with E-state index in [4.69, 9.17) is 0 Å². The monoisotopic (exact) mass is 264 g/mol. The fourth-order valence-electron chi connectivity index (χ4n) is 2.75. The molecule has 0 amide bonds. The molecular weight excluding hydrogens is 240 g/mol. The molecule has 106 valence electrons. The van der Waals surface area contributed by atoms with Gasteiger partial charge in [0, 0.05) is 19.7 Å². The van der Waals surface area contributed by atoms with Gasteiger partial charge in [-0.1, -0.05) is 12.8 Å². The highest BCUT2D eigenvalue weighted by Crippen LogP contribution is 2.29. The molecule has 5 nitrogen and oxygen atoms in total. The van der Waals surface area contributed by atoms with Gasteiger partial charge in [-0.05, 0) is 31.6 Å². The first-order valence-corrected chi connectivity index (χ1v) is 7.24. The lowest BCUT2D eigenvalue weighted by atomic mass is 9.79. The zero-order chi connectivity index (χ0) is 13.5. The van der Waals surface area contributed by atoms with E-state index in [9.17, 15) is 5.11 Å². The van der Waals surface area contributed by atoms with Crippen LogP contribution in [-0.2, 0) is 0 Å². The maximum Gasteiger partial charge on any atom is 0.146 e. The average molecular weight is 264 g/mol. The lowest BCUT2D eigenvalue weighted by Gasteiger charge is -2.30. The molecule has 1 aliphatic carbocycles. The zero-order valence-corrected chi connectivity index (χ0v) is 11.6. The van der Waals surface area contributed by atoms with Gasteiger partial charge in [0.25, 0.3) is 0 Å². The Labute approximate surface area is 114 Å². The number of nitrogens with one attached hydrogen (secondary N) is 2. The third kappa shape index (κ3) is 4.06. The molecule has 0 saturated heterocycles. The van der Waals surface area contributed by atoms with Crippen LogP contribution in [0, 0.1) is 11.8 Å². The summed E-state index contributed by atoms with van der Waals surface area (Å²) in [5, 5.41) is 15.9. The van der Waals surface area contributed by atoms with Gasteiger partial charge >= 0.3 is 0 Å². The van der Waals surface area contributed by atoms with Gasteiger partial charge in [-0.15, -0.1) is 0 Å². The smallest absolute Gasteiger partial charge is 0.146 e. The van der Waals surface area contributed by atoms with Crippen LogP contribution in [0.2, 0.25) is 0 Å². The van der Waals surface area contributed by atoms with Crippen molar-refractivity contribution in [2.75, 3.05) is 30.3 Å². The van der Waals surface area contributed by atoms with E-state index in [0.717, 1.165) is 31.1 Å². The van der Waals surface area contributed by atoms with Gasteiger partial charge in [0.1, 0.15) is 11.6 Å². The van der Waals surface area contributed by atoms with Crippen molar-refractivity contribution < 1.29 is 5.11 Å². The molecular formula is C14H24N4O. The van der Waals surface area contributed by atoms with Crippen molar-refractivity contribution in [3.63, 3.8) is 0 Å². The van der Waals surface area contributed by atoms with E-state index >= 15 is 0 Å². The molecule has 0 radical (unpaired) electrons. The minimum Gasteiger partial charge on any atom is -0.396 e. The second-order valence-electron chi connectivity index (χ2n) is 5.19. The van der Waals surface area contributed by atoms with E-state index in [1.807, 2.05) is 6.92 Å². The third-order valence-electron chi connectivity index (χ3n) is 3.84. The Bertz CT molecular complexity index is 385. The minimum atomic E-state index is 0.301. The topological polar surface area (TPSA) is 70.1 Å². The summed E-state index contributed by atoms with van der Waals surface area (Å²) in [4.78, 5) is 8.62. The highest BCUT2D eigenvalue weighted by atomic mass is 16.3. The normalized spacial score (nSPS) is 23.1. The summed E-state index contributed by atoms with van der Waals surface area (Å²) < 4.78 is 0. The first kappa shape index (κ1) is 14.1. The van der Waals surface area contributed by atoms with Gasteiger partial charge in [-0.25, -0.2) is 4.98 Å². The first-order valence-electron chi connectivity index (χ1n) is 7.24. The Morgan fingerprint density at radius 1 is 1.16 bits per heavy atom. The standard InChI is InChI=1S/C14H24N4O/c1-2-16-13-8-15-9-14(18-13)17-7-11-5-3-4-6-12(11)10-19/h8-9,11-12,19H,2-7,10H2,1H3,(H2,16,17,18). The molecule has 1 fully saturated rings. The van der Waals surface area contributed by atoms with E-state index in [2.05, 4.69) is 20.6 Å². The number of aliphatic hydroxyl groups is 1. The zero-order valence-electron chi connectivity index (χ0n) is 11.6. The van der Waals surface area contributed by atoms with E-state index in [1.54, 1.807) is 12.4 Å². The Hall–Kier alpha value is -1.36. The van der Waals surface area contributed by atoms with E-state index in [1.165, 1.54) is 19.3 Å². The van der Waals surface area contributed by atoms with Crippen LogP contribution >= 0.6 is 0 Å². The summed E-state index contributed by atoms with van der Waals surface area (Å²) in [5.74, 6) is 2.59. The molecule has 2 unspecified atom stereocenters. The second kappa shape index (κ2) is 7.28. The molecule has 2 atom stereocenters. The van der Waals surface area contributed by atoms with Crippen molar-refractivity contribution in [2.45, 2.75) is 32.6 Å². The maximum absolute atomic E-state index is 9.41. The number of hydrogen-bond acceptors (Lipinski definition) is 5. The number of rotatable bonds is 6. The summed E-state index contributed by atoms with van der Waals surface area (Å²) >= 11 is 0. The Morgan fingerprint density at radius 3 is 2.53 bits per heavy atom. The maximum atomic E-state index is 9.41. The van der Waals surface area contributed by atoms with Crippen molar-refractivity contribution in [1.29, 1.82) is 0 Å². The number of aromatic nitrogens is 2. The predicted octanol–water partition coefficient (Wildman–Crippen LogP) is 2.12. The number of aliphatic hydroxyl groups excluding tert-OH is 1. The minimum absolute atomic E-state index is 0.301. The van der Waals surface area contributed by atoms with Crippen LogP contribution < -0.4 is 10.6 Å². The Balaban J connectivity index is 1.88. The summed E-state index contributed by atoms with van der Waals surface area (Å²) in [7, 11) is 0. The highest BCUT2D eigenvalue weighted by Gasteiger charge is 2.24. The van der Waals surface area contributed by atoms with Crippen molar-refractivity contribution in [3.8, 4) is 0 Å². The molecule has 0 aliphatic heterocycles. The quantitative estimate of drug-likeness (QED) is 0.734. The molecule has 0 bridgehead atoms.